The van der Waals surface area contributed by atoms with Crippen LogP contribution in [0.25, 0.3) is 0 Å². The molecule has 0 aliphatic heterocycles. The van der Waals surface area contributed by atoms with Gasteiger partial charge < -0.3 is 4.74 Å². The highest BCUT2D eigenvalue weighted by Crippen LogP contribution is 2.23. The van der Waals surface area contributed by atoms with Crippen LogP contribution in [-0.4, -0.2) is 18.2 Å². The summed E-state index contributed by atoms with van der Waals surface area (Å²) in [7, 11) is 0. The van der Waals surface area contributed by atoms with Gasteiger partial charge in [0.2, 0.25) is 5.95 Å². The number of hydrogen-bond donors (Lipinski definition) is 0. The molecule has 0 aliphatic rings. The standard InChI is InChI=1S/C12H17ClFNO/c1-3-5-16-8-9(4-2)10-6-11(13)12(14)15-7-10/h6-7,9H,3-5,8H2,1-2H3. The van der Waals surface area contributed by atoms with Crippen molar-refractivity contribution in [2.24, 2.45) is 0 Å². The van der Waals surface area contributed by atoms with Gasteiger partial charge in [0.15, 0.2) is 0 Å². The minimum atomic E-state index is -0.616. The number of aromatic nitrogens is 1. The van der Waals surface area contributed by atoms with E-state index in [2.05, 4.69) is 18.8 Å². The zero-order chi connectivity index (χ0) is 12.0. The number of ether oxygens (including phenoxy) is 1. The van der Waals surface area contributed by atoms with Crippen LogP contribution in [0, 0.1) is 5.95 Å². The number of pyridine rings is 1. The van der Waals surface area contributed by atoms with Crippen LogP contribution < -0.4 is 0 Å². The van der Waals surface area contributed by atoms with Crippen LogP contribution in [0.5, 0.6) is 0 Å². The molecule has 0 radical (unpaired) electrons. The summed E-state index contributed by atoms with van der Waals surface area (Å²) in [5.74, 6) is -0.383. The van der Waals surface area contributed by atoms with Crippen molar-refractivity contribution in [2.75, 3.05) is 13.2 Å². The van der Waals surface area contributed by atoms with Gasteiger partial charge in [0.1, 0.15) is 0 Å². The summed E-state index contributed by atoms with van der Waals surface area (Å²) in [6.45, 7) is 5.52. The van der Waals surface area contributed by atoms with E-state index in [1.54, 1.807) is 6.07 Å². The second kappa shape index (κ2) is 6.81. The topological polar surface area (TPSA) is 22.1 Å². The highest BCUT2D eigenvalue weighted by Gasteiger charge is 2.12. The molecular weight excluding hydrogens is 229 g/mol. The van der Waals surface area contributed by atoms with E-state index >= 15 is 0 Å². The van der Waals surface area contributed by atoms with E-state index in [0.29, 0.717) is 6.61 Å². The summed E-state index contributed by atoms with van der Waals surface area (Å²) < 4.78 is 18.4. The highest BCUT2D eigenvalue weighted by atomic mass is 35.5. The van der Waals surface area contributed by atoms with Crippen LogP contribution in [-0.2, 0) is 4.74 Å². The Labute approximate surface area is 101 Å². The fraction of sp³-hybridized carbons (Fsp3) is 0.583. The Bertz CT molecular complexity index is 333. The first kappa shape index (κ1) is 13.4. The molecule has 90 valence electrons. The Hall–Kier alpha value is -0.670. The van der Waals surface area contributed by atoms with Gasteiger partial charge in [-0.15, -0.1) is 0 Å². The zero-order valence-electron chi connectivity index (χ0n) is 9.67. The molecule has 1 atom stereocenters. The fourth-order valence-corrected chi connectivity index (χ4v) is 1.65. The van der Waals surface area contributed by atoms with Gasteiger partial charge in [0, 0.05) is 18.7 Å². The quantitative estimate of drug-likeness (QED) is 0.562. The molecule has 0 aliphatic carbocycles. The van der Waals surface area contributed by atoms with Gasteiger partial charge in [-0.3, -0.25) is 0 Å². The largest absolute Gasteiger partial charge is 0.381 e. The lowest BCUT2D eigenvalue weighted by atomic mass is 9.99. The first-order valence-electron chi connectivity index (χ1n) is 5.57. The molecule has 0 spiro atoms. The molecule has 0 N–H and O–H groups in total. The van der Waals surface area contributed by atoms with Crippen LogP contribution in [0.2, 0.25) is 5.02 Å². The summed E-state index contributed by atoms with van der Waals surface area (Å²) >= 11 is 5.70. The van der Waals surface area contributed by atoms with E-state index in [4.69, 9.17) is 16.3 Å². The molecular formula is C12H17ClFNO. The maximum absolute atomic E-state index is 12.9. The second-order valence-electron chi connectivity index (χ2n) is 3.72. The third-order valence-electron chi connectivity index (χ3n) is 2.45. The van der Waals surface area contributed by atoms with E-state index in [0.717, 1.165) is 25.0 Å². The van der Waals surface area contributed by atoms with Gasteiger partial charge in [-0.25, -0.2) is 4.98 Å². The molecule has 16 heavy (non-hydrogen) atoms. The molecule has 1 aromatic heterocycles. The van der Waals surface area contributed by atoms with Crippen molar-refractivity contribution in [3.05, 3.63) is 28.8 Å². The average Bonchev–Trinajstić information content (AvgIpc) is 2.29. The van der Waals surface area contributed by atoms with Crippen molar-refractivity contribution < 1.29 is 9.13 Å². The maximum atomic E-state index is 12.9. The van der Waals surface area contributed by atoms with E-state index in [1.165, 1.54) is 6.20 Å². The van der Waals surface area contributed by atoms with Gasteiger partial charge in [0.25, 0.3) is 0 Å². The average molecular weight is 246 g/mol. The molecule has 0 saturated heterocycles. The smallest absolute Gasteiger partial charge is 0.231 e. The minimum absolute atomic E-state index is 0.0754. The molecule has 0 fully saturated rings. The van der Waals surface area contributed by atoms with Crippen molar-refractivity contribution in [1.29, 1.82) is 0 Å². The Kier molecular flexibility index (Phi) is 5.71. The summed E-state index contributed by atoms with van der Waals surface area (Å²) in [4.78, 5) is 3.62. The lowest BCUT2D eigenvalue weighted by molar-refractivity contribution is 0.119. The van der Waals surface area contributed by atoms with Gasteiger partial charge >= 0.3 is 0 Å². The molecule has 1 heterocycles. The van der Waals surface area contributed by atoms with Gasteiger partial charge in [-0.1, -0.05) is 25.4 Å². The van der Waals surface area contributed by atoms with Crippen LogP contribution in [0.15, 0.2) is 12.3 Å². The monoisotopic (exact) mass is 245 g/mol. The Morgan fingerprint density at radius 1 is 1.50 bits per heavy atom. The summed E-state index contributed by atoms with van der Waals surface area (Å²) in [5, 5.41) is 0.0754. The first-order chi connectivity index (χ1) is 7.69. The van der Waals surface area contributed by atoms with E-state index in [9.17, 15) is 4.39 Å². The Morgan fingerprint density at radius 2 is 2.25 bits per heavy atom. The SMILES string of the molecule is CCCOCC(CC)c1cnc(F)c(Cl)c1. The van der Waals surface area contributed by atoms with Crippen molar-refractivity contribution >= 4 is 11.6 Å². The maximum Gasteiger partial charge on any atom is 0.231 e. The number of rotatable bonds is 6. The molecule has 0 saturated carbocycles. The van der Waals surface area contributed by atoms with E-state index in [-0.39, 0.29) is 10.9 Å². The Morgan fingerprint density at radius 3 is 2.81 bits per heavy atom. The molecule has 0 bridgehead atoms. The third-order valence-corrected chi connectivity index (χ3v) is 2.71. The third kappa shape index (κ3) is 3.72. The summed E-state index contributed by atoms with van der Waals surface area (Å²) in [6, 6.07) is 1.63. The van der Waals surface area contributed by atoms with Crippen LogP contribution in [0.4, 0.5) is 4.39 Å². The molecule has 1 rings (SSSR count). The molecule has 0 aromatic carbocycles. The van der Waals surface area contributed by atoms with Crippen molar-refractivity contribution in [2.45, 2.75) is 32.6 Å². The molecule has 2 nitrogen and oxygen atoms in total. The number of nitrogens with zero attached hydrogens (tertiary/aromatic N) is 1. The van der Waals surface area contributed by atoms with Crippen LogP contribution in [0.3, 0.4) is 0 Å². The highest BCUT2D eigenvalue weighted by molar-refractivity contribution is 6.30. The lowest BCUT2D eigenvalue weighted by Crippen LogP contribution is -2.08. The van der Waals surface area contributed by atoms with Crippen molar-refractivity contribution in [3.63, 3.8) is 0 Å². The normalized spacial score (nSPS) is 12.8. The van der Waals surface area contributed by atoms with Crippen LogP contribution in [0.1, 0.15) is 38.2 Å². The lowest BCUT2D eigenvalue weighted by Gasteiger charge is -2.15. The predicted octanol–water partition coefficient (Wildman–Crippen LogP) is 3.79. The second-order valence-corrected chi connectivity index (χ2v) is 4.13. The molecule has 1 aromatic rings. The van der Waals surface area contributed by atoms with Crippen LogP contribution >= 0.6 is 11.6 Å². The Balaban J connectivity index is 2.67. The predicted molar refractivity (Wildman–Crippen MR) is 63.3 cm³/mol. The van der Waals surface area contributed by atoms with Crippen molar-refractivity contribution in [3.8, 4) is 0 Å². The van der Waals surface area contributed by atoms with Gasteiger partial charge in [0.05, 0.1) is 11.6 Å². The molecule has 4 heteroatoms. The van der Waals surface area contributed by atoms with Crippen molar-refractivity contribution in [1.82, 2.24) is 4.98 Å². The summed E-state index contributed by atoms with van der Waals surface area (Å²) in [5.41, 5.74) is 0.935. The zero-order valence-corrected chi connectivity index (χ0v) is 10.4. The molecule has 0 amide bonds. The number of hydrogen-bond acceptors (Lipinski definition) is 2. The van der Waals surface area contributed by atoms with E-state index < -0.39 is 5.95 Å². The molecule has 1 unspecified atom stereocenters. The minimum Gasteiger partial charge on any atom is -0.381 e. The van der Waals surface area contributed by atoms with Gasteiger partial charge in [-0.2, -0.15) is 4.39 Å². The van der Waals surface area contributed by atoms with E-state index in [1.807, 2.05) is 0 Å². The first-order valence-corrected chi connectivity index (χ1v) is 5.95. The summed E-state index contributed by atoms with van der Waals surface area (Å²) in [6.07, 6.45) is 3.46. The number of halogens is 2. The fourth-order valence-electron chi connectivity index (χ4n) is 1.48. The van der Waals surface area contributed by atoms with Gasteiger partial charge in [-0.05, 0) is 24.5 Å².